The minimum atomic E-state index is -0.257. The molecule has 1 fully saturated rings. The Balaban J connectivity index is 0.00000228. The molecular formula is C25H24ClFN6. The summed E-state index contributed by atoms with van der Waals surface area (Å²) in [5.74, 6) is 0.684. The van der Waals surface area contributed by atoms with E-state index in [-0.39, 0.29) is 18.2 Å². The maximum atomic E-state index is 13.4. The number of anilines is 1. The number of aromatic nitrogens is 4. The molecule has 0 bridgehead atoms. The summed E-state index contributed by atoms with van der Waals surface area (Å²) in [6.07, 6.45) is 3.90. The first-order valence-electron chi connectivity index (χ1n) is 10.8. The predicted molar refractivity (Wildman–Crippen MR) is 133 cm³/mol. The van der Waals surface area contributed by atoms with Gasteiger partial charge in [0.15, 0.2) is 5.65 Å². The minimum Gasteiger partial charge on any atom is -0.361 e. The van der Waals surface area contributed by atoms with Crippen LogP contribution in [0.25, 0.3) is 38.9 Å². The standard InChI is InChI=1S/C25H23FN6.ClH/c1-30-11-13-31(14-12-30)24-15-21(19-3-2-4-22-20(19)9-10-27-22)25-28-23(16-32(25)29-24)17-5-7-18(26)8-6-17;/h2-10,15-16,27H,11-14H2,1H3;1H. The number of hydrogen-bond acceptors (Lipinski definition) is 4. The van der Waals surface area contributed by atoms with E-state index >= 15 is 0 Å². The quantitative estimate of drug-likeness (QED) is 0.416. The number of rotatable bonds is 3. The highest BCUT2D eigenvalue weighted by atomic mass is 35.5. The predicted octanol–water partition coefficient (Wildman–Crippen LogP) is 4.86. The molecule has 168 valence electrons. The van der Waals surface area contributed by atoms with Crippen molar-refractivity contribution in [3.8, 4) is 22.4 Å². The minimum absolute atomic E-state index is 0. The molecule has 8 heteroatoms. The van der Waals surface area contributed by atoms with Gasteiger partial charge in [-0.1, -0.05) is 12.1 Å². The first kappa shape index (κ1) is 21.4. The Morgan fingerprint density at radius 3 is 2.52 bits per heavy atom. The van der Waals surface area contributed by atoms with Crippen LogP contribution in [-0.2, 0) is 0 Å². The average Bonchev–Trinajstić information content (AvgIpc) is 3.46. The first-order chi connectivity index (χ1) is 15.7. The number of halogens is 2. The number of H-pyrrole nitrogens is 1. The van der Waals surface area contributed by atoms with Gasteiger partial charge in [-0.3, -0.25) is 0 Å². The first-order valence-corrected chi connectivity index (χ1v) is 10.8. The van der Waals surface area contributed by atoms with Crippen LogP contribution in [0.5, 0.6) is 0 Å². The van der Waals surface area contributed by atoms with Crippen molar-refractivity contribution in [2.24, 2.45) is 0 Å². The molecule has 0 spiro atoms. The molecule has 0 radical (unpaired) electrons. The molecule has 2 aromatic carbocycles. The third kappa shape index (κ3) is 3.83. The van der Waals surface area contributed by atoms with E-state index in [4.69, 9.17) is 10.1 Å². The van der Waals surface area contributed by atoms with Gasteiger partial charge in [0.05, 0.1) is 11.9 Å². The van der Waals surface area contributed by atoms with Crippen molar-refractivity contribution in [2.75, 3.05) is 38.1 Å². The zero-order valence-corrected chi connectivity index (χ0v) is 19.0. The Bertz CT molecular complexity index is 1420. The summed E-state index contributed by atoms with van der Waals surface area (Å²) in [6, 6.07) is 17.0. The molecule has 6 rings (SSSR count). The molecule has 4 heterocycles. The van der Waals surface area contributed by atoms with Gasteiger partial charge < -0.3 is 14.8 Å². The van der Waals surface area contributed by atoms with Crippen molar-refractivity contribution < 1.29 is 4.39 Å². The van der Waals surface area contributed by atoms with E-state index in [0.29, 0.717) is 0 Å². The van der Waals surface area contributed by atoms with Crippen molar-refractivity contribution in [3.63, 3.8) is 0 Å². The van der Waals surface area contributed by atoms with Crippen LogP contribution in [0.1, 0.15) is 0 Å². The molecule has 5 aromatic rings. The van der Waals surface area contributed by atoms with Crippen LogP contribution >= 0.6 is 12.4 Å². The van der Waals surface area contributed by atoms with Crippen molar-refractivity contribution in [1.29, 1.82) is 0 Å². The van der Waals surface area contributed by atoms with E-state index in [2.05, 4.69) is 52.2 Å². The van der Waals surface area contributed by atoms with Crippen LogP contribution in [0, 0.1) is 5.82 Å². The molecule has 1 aliphatic heterocycles. The maximum absolute atomic E-state index is 13.4. The Morgan fingerprint density at radius 1 is 0.939 bits per heavy atom. The number of nitrogens with one attached hydrogen (secondary N) is 1. The molecule has 0 saturated carbocycles. The topological polar surface area (TPSA) is 52.5 Å². The van der Waals surface area contributed by atoms with Crippen LogP contribution in [0.4, 0.5) is 10.2 Å². The van der Waals surface area contributed by atoms with E-state index in [9.17, 15) is 4.39 Å². The molecule has 1 N–H and O–H groups in total. The lowest BCUT2D eigenvalue weighted by atomic mass is 10.0. The van der Waals surface area contributed by atoms with Crippen LogP contribution < -0.4 is 4.90 Å². The molecule has 0 unspecified atom stereocenters. The number of fused-ring (bicyclic) bond motifs is 2. The Kier molecular flexibility index (Phi) is 5.52. The lowest BCUT2D eigenvalue weighted by molar-refractivity contribution is 0.311. The highest BCUT2D eigenvalue weighted by Gasteiger charge is 2.20. The number of hydrogen-bond donors (Lipinski definition) is 1. The summed E-state index contributed by atoms with van der Waals surface area (Å²) >= 11 is 0. The molecule has 0 atom stereocenters. The smallest absolute Gasteiger partial charge is 0.162 e. The number of imidazole rings is 1. The van der Waals surface area contributed by atoms with Crippen molar-refractivity contribution in [3.05, 3.63) is 72.8 Å². The van der Waals surface area contributed by atoms with Gasteiger partial charge in [0.25, 0.3) is 0 Å². The van der Waals surface area contributed by atoms with Gasteiger partial charge in [-0.05, 0) is 55.1 Å². The summed E-state index contributed by atoms with van der Waals surface area (Å²) < 4.78 is 15.3. The molecule has 1 saturated heterocycles. The van der Waals surface area contributed by atoms with Gasteiger partial charge >= 0.3 is 0 Å². The molecular weight excluding hydrogens is 439 g/mol. The maximum Gasteiger partial charge on any atom is 0.162 e. The number of likely N-dealkylation sites (N-methyl/N-ethyl adjacent to an activating group) is 1. The summed E-state index contributed by atoms with van der Waals surface area (Å²) in [5.41, 5.74) is 5.66. The summed E-state index contributed by atoms with van der Waals surface area (Å²) in [7, 11) is 2.15. The second kappa shape index (κ2) is 8.50. The highest BCUT2D eigenvalue weighted by Crippen LogP contribution is 2.34. The third-order valence-corrected chi connectivity index (χ3v) is 6.26. The van der Waals surface area contributed by atoms with Crippen molar-refractivity contribution in [1.82, 2.24) is 24.5 Å². The molecule has 0 amide bonds. The van der Waals surface area contributed by atoms with Crippen LogP contribution in [-0.4, -0.2) is 57.7 Å². The van der Waals surface area contributed by atoms with Crippen LogP contribution in [0.3, 0.4) is 0 Å². The average molecular weight is 463 g/mol. The molecule has 1 aliphatic rings. The number of aromatic amines is 1. The Morgan fingerprint density at radius 2 is 1.73 bits per heavy atom. The third-order valence-electron chi connectivity index (χ3n) is 6.26. The monoisotopic (exact) mass is 462 g/mol. The number of nitrogens with zero attached hydrogens (tertiary/aromatic N) is 5. The zero-order valence-electron chi connectivity index (χ0n) is 18.2. The molecule has 6 nitrogen and oxygen atoms in total. The van der Waals surface area contributed by atoms with E-state index in [1.165, 1.54) is 12.1 Å². The Hall–Kier alpha value is -3.42. The zero-order chi connectivity index (χ0) is 21.7. The van der Waals surface area contributed by atoms with E-state index < -0.39 is 0 Å². The van der Waals surface area contributed by atoms with Crippen LogP contribution in [0.15, 0.2) is 67.0 Å². The second-order valence-corrected chi connectivity index (χ2v) is 8.35. The lowest BCUT2D eigenvalue weighted by Crippen LogP contribution is -2.45. The van der Waals surface area contributed by atoms with Gasteiger partial charge in [-0.15, -0.1) is 17.5 Å². The fraction of sp³-hybridized carbons (Fsp3) is 0.200. The fourth-order valence-corrected chi connectivity index (χ4v) is 4.43. The second-order valence-electron chi connectivity index (χ2n) is 8.35. The number of benzene rings is 2. The normalized spacial score (nSPS) is 14.7. The molecule has 3 aromatic heterocycles. The fourth-order valence-electron chi connectivity index (χ4n) is 4.43. The van der Waals surface area contributed by atoms with Gasteiger partial charge in [-0.25, -0.2) is 13.9 Å². The van der Waals surface area contributed by atoms with E-state index in [1.54, 1.807) is 12.1 Å². The van der Waals surface area contributed by atoms with Crippen molar-refractivity contribution >= 4 is 34.8 Å². The summed E-state index contributed by atoms with van der Waals surface area (Å²) in [6.45, 7) is 3.88. The SMILES string of the molecule is CN1CCN(c2cc(-c3cccc4[nH]ccc34)c3nc(-c4ccc(F)cc4)cn3n2)CC1.Cl. The van der Waals surface area contributed by atoms with E-state index in [0.717, 1.165) is 70.9 Å². The summed E-state index contributed by atoms with van der Waals surface area (Å²) in [5, 5.41) is 6.07. The van der Waals surface area contributed by atoms with E-state index in [1.807, 2.05) is 16.9 Å². The van der Waals surface area contributed by atoms with Gasteiger partial charge in [0.1, 0.15) is 11.6 Å². The van der Waals surface area contributed by atoms with Crippen LogP contribution in [0.2, 0.25) is 0 Å². The lowest BCUT2D eigenvalue weighted by Gasteiger charge is -2.33. The summed E-state index contributed by atoms with van der Waals surface area (Å²) in [4.78, 5) is 12.9. The Labute approximate surface area is 197 Å². The van der Waals surface area contributed by atoms with Gasteiger partial charge in [0, 0.05) is 54.4 Å². The highest BCUT2D eigenvalue weighted by molar-refractivity contribution is 5.99. The largest absolute Gasteiger partial charge is 0.361 e. The molecule has 0 aliphatic carbocycles. The van der Waals surface area contributed by atoms with Crippen molar-refractivity contribution in [2.45, 2.75) is 0 Å². The number of piperazine rings is 1. The molecule has 33 heavy (non-hydrogen) atoms. The van der Waals surface area contributed by atoms with Gasteiger partial charge in [-0.2, -0.15) is 0 Å². The van der Waals surface area contributed by atoms with Gasteiger partial charge in [0.2, 0.25) is 0 Å².